The molecule has 5 rings (SSSR count). The van der Waals surface area contributed by atoms with Gasteiger partial charge in [0, 0.05) is 15.8 Å². The molecule has 17 heteroatoms. The van der Waals surface area contributed by atoms with Gasteiger partial charge >= 0.3 is 11.9 Å². The number of thioether (sulfide) groups is 1. The summed E-state index contributed by atoms with van der Waals surface area (Å²) in [6, 6.07) is 3.96. The summed E-state index contributed by atoms with van der Waals surface area (Å²) in [6.07, 6.45) is 4.72. The summed E-state index contributed by atoms with van der Waals surface area (Å²) in [5.74, 6) is -3.01. The minimum Gasteiger partial charge on any atom is -0.426 e. The molecule has 3 atom stereocenters. The highest BCUT2D eigenvalue weighted by Crippen LogP contribution is 2.51. The highest BCUT2D eigenvalue weighted by Gasteiger charge is 2.64. The number of thiazole rings is 1. The third-order valence-electron chi connectivity index (χ3n) is 7.76. The number of nitrogens with two attached hydrogens (primary N) is 2. The first-order valence-corrected chi connectivity index (χ1v) is 16.4. The fourth-order valence-corrected chi connectivity index (χ4v) is 7.61. The molecular formula is C29H35N7O8S2. The predicted octanol–water partition coefficient (Wildman–Crippen LogP) is 1.58. The molecule has 0 unspecified atom stereocenters. The van der Waals surface area contributed by atoms with Crippen LogP contribution in [0.3, 0.4) is 0 Å². The molecule has 3 heterocycles. The lowest BCUT2D eigenvalue weighted by molar-refractivity contribution is -0.169. The quantitative estimate of drug-likeness (QED) is 0.0879. The van der Waals surface area contributed by atoms with Crippen LogP contribution >= 0.6 is 23.1 Å². The number of carbonyl (C=O) groups excluding carboxylic acids is 5. The predicted molar refractivity (Wildman–Crippen MR) is 170 cm³/mol. The van der Waals surface area contributed by atoms with Gasteiger partial charge in [-0.05, 0) is 63.8 Å². The van der Waals surface area contributed by atoms with Gasteiger partial charge in [0.05, 0.1) is 12.1 Å². The molecule has 1 saturated carbocycles. The van der Waals surface area contributed by atoms with Crippen molar-refractivity contribution in [2.75, 3.05) is 24.4 Å². The number of benzene rings is 1. The van der Waals surface area contributed by atoms with Gasteiger partial charge < -0.3 is 41.3 Å². The molecule has 1 aliphatic carbocycles. The van der Waals surface area contributed by atoms with Crippen LogP contribution < -0.4 is 22.1 Å². The van der Waals surface area contributed by atoms with Crippen molar-refractivity contribution in [3.63, 3.8) is 0 Å². The number of nitrogen functional groups attached to an aromatic ring is 1. The molecule has 3 fully saturated rings. The molecule has 0 bridgehead atoms. The lowest BCUT2D eigenvalue weighted by Crippen LogP contribution is -2.71. The lowest BCUT2D eigenvalue weighted by atomic mass is 9.96. The zero-order valence-electron chi connectivity index (χ0n) is 25.2. The Hall–Kier alpha value is -4.22. The second-order valence-electron chi connectivity index (χ2n) is 11.4. The van der Waals surface area contributed by atoms with Crippen molar-refractivity contribution in [3.8, 4) is 0 Å². The van der Waals surface area contributed by atoms with Gasteiger partial charge in [-0.15, -0.1) is 23.1 Å². The number of anilines is 2. The van der Waals surface area contributed by atoms with Gasteiger partial charge in [0.25, 0.3) is 5.91 Å². The summed E-state index contributed by atoms with van der Waals surface area (Å²) in [6.45, 7) is 2.71. The number of amides is 3. The number of carbonyl (C=O) groups is 5. The van der Waals surface area contributed by atoms with Crippen LogP contribution in [0, 0.1) is 0 Å². The molecular weight excluding hydrogens is 638 g/mol. The van der Waals surface area contributed by atoms with Gasteiger partial charge in [-0.25, -0.2) is 14.6 Å². The number of fused-ring (bicyclic) bond motifs is 1. The van der Waals surface area contributed by atoms with E-state index in [2.05, 4.69) is 20.8 Å². The number of esters is 2. The van der Waals surface area contributed by atoms with E-state index < -0.39 is 52.8 Å². The first kappa shape index (κ1) is 33.2. The van der Waals surface area contributed by atoms with E-state index in [-0.39, 0.29) is 40.7 Å². The summed E-state index contributed by atoms with van der Waals surface area (Å²) in [4.78, 5) is 74.9. The number of ether oxygens (including phenoxy) is 2. The number of nitrogens with one attached hydrogen (secondary N) is 2. The molecule has 246 valence electrons. The topological polar surface area (TPSA) is 218 Å². The van der Waals surface area contributed by atoms with Gasteiger partial charge in [-0.2, -0.15) is 0 Å². The van der Waals surface area contributed by atoms with Crippen molar-refractivity contribution < 1.29 is 38.3 Å². The van der Waals surface area contributed by atoms with Gasteiger partial charge in [0.2, 0.25) is 18.6 Å². The highest BCUT2D eigenvalue weighted by molar-refractivity contribution is 8.01. The molecule has 46 heavy (non-hydrogen) atoms. The van der Waals surface area contributed by atoms with Crippen molar-refractivity contribution in [2.24, 2.45) is 10.9 Å². The number of hydrogen-bond acceptors (Lipinski definition) is 14. The number of rotatable bonds is 11. The van der Waals surface area contributed by atoms with Crippen molar-refractivity contribution in [1.29, 1.82) is 0 Å². The monoisotopic (exact) mass is 673 g/mol. The molecule has 2 aromatic rings. The standard InChI is InChI=1S/C29H35N7O8S2/c1-29(2)22(27(41)43-14-42-26(40)15-8-10-16(11-9-15)32-19(37)12-30)36-24(39)21(25(36)46-29)34-23(38)20(18-13-45-28(31)33-18)35-44-17-6-4-3-5-7-17/h8-11,13,17,21-22,25H,3-7,12,14,30H2,1-2H3,(H2,31,33)(H,32,37)(H,34,38)/b35-20-/t21-,22-,25+/m0/s1. The van der Waals surface area contributed by atoms with E-state index in [1.54, 1.807) is 19.2 Å². The van der Waals surface area contributed by atoms with Crippen LogP contribution in [0.1, 0.15) is 62.0 Å². The number of oxime groups is 1. The second kappa shape index (κ2) is 14.0. The van der Waals surface area contributed by atoms with E-state index in [0.717, 1.165) is 43.4 Å². The minimum absolute atomic E-state index is 0.0836. The summed E-state index contributed by atoms with van der Waals surface area (Å²) < 4.78 is 9.56. The second-order valence-corrected chi connectivity index (χ2v) is 14.1. The van der Waals surface area contributed by atoms with Crippen LogP contribution in [0.2, 0.25) is 0 Å². The molecule has 6 N–H and O–H groups in total. The average Bonchev–Trinajstić information content (AvgIpc) is 3.58. The Morgan fingerprint density at radius 2 is 1.83 bits per heavy atom. The zero-order valence-corrected chi connectivity index (χ0v) is 26.9. The van der Waals surface area contributed by atoms with Crippen LogP contribution in [-0.4, -0.2) is 86.9 Å². The molecule has 3 aliphatic rings. The van der Waals surface area contributed by atoms with Gasteiger partial charge in [-0.1, -0.05) is 11.6 Å². The normalized spacial score (nSPS) is 22.3. The zero-order chi connectivity index (χ0) is 33.0. The highest BCUT2D eigenvalue weighted by atomic mass is 32.2. The first-order valence-electron chi connectivity index (χ1n) is 14.7. The number of nitrogens with zero attached hydrogens (tertiary/aromatic N) is 3. The van der Waals surface area contributed by atoms with Crippen LogP contribution in [0.25, 0.3) is 0 Å². The molecule has 1 aromatic heterocycles. The summed E-state index contributed by atoms with van der Waals surface area (Å²) in [5.41, 5.74) is 11.8. The maximum atomic E-state index is 13.4. The van der Waals surface area contributed by atoms with E-state index in [9.17, 15) is 24.0 Å². The van der Waals surface area contributed by atoms with E-state index in [4.69, 9.17) is 25.8 Å². The Bertz CT molecular complexity index is 1520. The molecule has 0 spiro atoms. The van der Waals surface area contributed by atoms with E-state index in [1.165, 1.54) is 40.9 Å². The lowest BCUT2D eigenvalue weighted by Gasteiger charge is -2.43. The van der Waals surface area contributed by atoms with Crippen LogP contribution in [-0.2, 0) is 33.5 Å². The maximum absolute atomic E-state index is 13.4. The molecule has 1 aromatic carbocycles. The van der Waals surface area contributed by atoms with Crippen LogP contribution in [0.5, 0.6) is 0 Å². The Kier molecular flexibility index (Phi) is 10.1. The van der Waals surface area contributed by atoms with Crippen LogP contribution in [0.15, 0.2) is 34.8 Å². The van der Waals surface area contributed by atoms with Crippen molar-refractivity contribution in [3.05, 3.63) is 40.9 Å². The average molecular weight is 674 g/mol. The van der Waals surface area contributed by atoms with Gasteiger partial charge in [-0.3, -0.25) is 14.4 Å². The van der Waals surface area contributed by atoms with E-state index >= 15 is 0 Å². The summed E-state index contributed by atoms with van der Waals surface area (Å²) in [5, 5.41) is 10.7. The fourth-order valence-electron chi connectivity index (χ4n) is 5.44. The van der Waals surface area contributed by atoms with Crippen molar-refractivity contribution in [2.45, 2.75) is 74.3 Å². The fraction of sp³-hybridized carbons (Fsp3) is 0.483. The third-order valence-corrected chi connectivity index (χ3v) is 10.0. The Labute approximate surface area is 272 Å². The van der Waals surface area contributed by atoms with Gasteiger partial charge in [0.15, 0.2) is 10.8 Å². The van der Waals surface area contributed by atoms with Crippen molar-refractivity contribution in [1.82, 2.24) is 15.2 Å². The largest absolute Gasteiger partial charge is 0.426 e. The Morgan fingerprint density at radius 1 is 1.11 bits per heavy atom. The Morgan fingerprint density at radius 3 is 2.48 bits per heavy atom. The van der Waals surface area contributed by atoms with Gasteiger partial charge in [0.1, 0.15) is 29.3 Å². The minimum atomic E-state index is -0.992. The first-order chi connectivity index (χ1) is 22.0. The summed E-state index contributed by atoms with van der Waals surface area (Å²) in [7, 11) is 0. The molecule has 2 aliphatic heterocycles. The Balaban J connectivity index is 1.17. The molecule has 3 amide bonds. The smallest absolute Gasteiger partial charge is 0.341 e. The molecule has 0 radical (unpaired) electrons. The third kappa shape index (κ3) is 7.26. The summed E-state index contributed by atoms with van der Waals surface area (Å²) >= 11 is 2.49. The number of β-lactam (4-membered cyclic amide) rings is 1. The van der Waals surface area contributed by atoms with E-state index in [1.807, 2.05) is 0 Å². The van der Waals surface area contributed by atoms with Crippen molar-refractivity contribution >= 4 is 69.3 Å². The van der Waals surface area contributed by atoms with E-state index in [0.29, 0.717) is 5.69 Å². The maximum Gasteiger partial charge on any atom is 0.341 e. The molecule has 15 nitrogen and oxygen atoms in total. The number of aromatic nitrogens is 1. The number of hydrogen-bond donors (Lipinski definition) is 4. The SMILES string of the molecule is CC1(C)S[C@@H]2[C@@H](NC(=O)/C(=N\OC3CCCCC3)c3csc(N)n3)C(=O)N2[C@H]1C(=O)OCOC(=O)c1ccc(NC(=O)CN)cc1. The van der Waals surface area contributed by atoms with Crippen LogP contribution in [0.4, 0.5) is 10.8 Å². The molecule has 2 saturated heterocycles.